The van der Waals surface area contributed by atoms with Gasteiger partial charge >= 0.3 is 8.80 Å². The number of hydrogen-bond donors (Lipinski definition) is 1. The summed E-state index contributed by atoms with van der Waals surface area (Å²) in [5.41, 5.74) is 6.93. The van der Waals surface area contributed by atoms with E-state index >= 15 is 0 Å². The van der Waals surface area contributed by atoms with Crippen molar-refractivity contribution < 1.29 is 13.3 Å². The molecule has 7 heteroatoms. The lowest BCUT2D eigenvalue weighted by atomic mass is 10.2. The highest BCUT2D eigenvalue weighted by molar-refractivity contribution is 6.60. The van der Waals surface area contributed by atoms with Gasteiger partial charge in [-0.05, 0) is 18.5 Å². The van der Waals surface area contributed by atoms with Crippen LogP contribution in [0.2, 0.25) is 6.04 Å². The Hall–Kier alpha value is -0.733. The van der Waals surface area contributed by atoms with Gasteiger partial charge in [-0.25, -0.2) is 0 Å². The van der Waals surface area contributed by atoms with Crippen molar-refractivity contribution in [2.24, 2.45) is 5.73 Å². The standard InChI is InChI=1S/C17H30N2O3Si.ClH/c1-20-23(21-2,22-3)16-8-14-19(15-12-18)13-7-11-17-9-5-4-6-10-17;/h4-7,9-11H,8,12-16,18H2,1-3H3;1H. The van der Waals surface area contributed by atoms with E-state index in [1.807, 2.05) is 18.2 Å². The zero-order chi connectivity index (χ0) is 17.0. The van der Waals surface area contributed by atoms with E-state index < -0.39 is 8.80 Å². The highest BCUT2D eigenvalue weighted by Gasteiger charge is 2.36. The van der Waals surface area contributed by atoms with Crippen LogP contribution in [0.4, 0.5) is 0 Å². The lowest BCUT2D eigenvalue weighted by Crippen LogP contribution is -2.43. The number of hydrogen-bond acceptors (Lipinski definition) is 5. The molecule has 2 N–H and O–H groups in total. The van der Waals surface area contributed by atoms with Crippen LogP contribution < -0.4 is 5.73 Å². The van der Waals surface area contributed by atoms with Gasteiger partial charge in [0.15, 0.2) is 0 Å². The van der Waals surface area contributed by atoms with Gasteiger partial charge in [0.2, 0.25) is 0 Å². The van der Waals surface area contributed by atoms with E-state index in [1.54, 1.807) is 21.3 Å². The molecule has 0 aliphatic carbocycles. The molecule has 1 aromatic rings. The van der Waals surface area contributed by atoms with Crippen LogP contribution in [-0.4, -0.2) is 61.2 Å². The summed E-state index contributed by atoms with van der Waals surface area (Å²) >= 11 is 0. The molecular formula is C17H31ClN2O3Si. The SMILES string of the molecule is CO[Si](CCCN(CC=Cc1ccccc1)CCN)(OC)OC.Cl. The van der Waals surface area contributed by atoms with E-state index in [9.17, 15) is 0 Å². The normalized spacial score (nSPS) is 11.9. The first-order chi connectivity index (χ1) is 11.2. The van der Waals surface area contributed by atoms with Crippen molar-refractivity contribution in [2.75, 3.05) is 47.5 Å². The summed E-state index contributed by atoms with van der Waals surface area (Å²) in [6.45, 7) is 3.36. The van der Waals surface area contributed by atoms with Crippen molar-refractivity contribution in [1.29, 1.82) is 0 Å². The van der Waals surface area contributed by atoms with Gasteiger partial charge < -0.3 is 19.0 Å². The third kappa shape index (κ3) is 8.39. The van der Waals surface area contributed by atoms with E-state index in [2.05, 4.69) is 29.2 Å². The van der Waals surface area contributed by atoms with Crippen LogP contribution in [0.15, 0.2) is 36.4 Å². The molecule has 0 unspecified atom stereocenters. The molecule has 24 heavy (non-hydrogen) atoms. The number of benzene rings is 1. The van der Waals surface area contributed by atoms with Crippen LogP contribution >= 0.6 is 12.4 Å². The minimum atomic E-state index is -2.47. The number of nitrogens with two attached hydrogens (primary N) is 1. The zero-order valence-corrected chi connectivity index (χ0v) is 16.8. The Balaban J connectivity index is 0.00000529. The minimum Gasteiger partial charge on any atom is -0.377 e. The molecule has 0 aliphatic rings. The number of rotatable bonds is 12. The molecule has 138 valence electrons. The van der Waals surface area contributed by atoms with E-state index in [4.69, 9.17) is 19.0 Å². The monoisotopic (exact) mass is 374 g/mol. The zero-order valence-electron chi connectivity index (χ0n) is 14.9. The third-order valence-electron chi connectivity index (χ3n) is 3.81. The summed E-state index contributed by atoms with van der Waals surface area (Å²) in [5.74, 6) is 0. The summed E-state index contributed by atoms with van der Waals surface area (Å²) in [7, 11) is 2.49. The first kappa shape index (κ1) is 23.3. The quantitative estimate of drug-likeness (QED) is 0.570. The fourth-order valence-corrected chi connectivity index (χ4v) is 4.16. The Labute approximate surface area is 153 Å². The van der Waals surface area contributed by atoms with E-state index in [0.29, 0.717) is 6.54 Å². The molecule has 0 heterocycles. The van der Waals surface area contributed by atoms with Crippen molar-refractivity contribution in [3.63, 3.8) is 0 Å². The molecule has 5 nitrogen and oxygen atoms in total. The highest BCUT2D eigenvalue weighted by Crippen LogP contribution is 2.15. The largest absolute Gasteiger partial charge is 0.500 e. The average Bonchev–Trinajstić information content (AvgIpc) is 2.60. The van der Waals surface area contributed by atoms with E-state index in [-0.39, 0.29) is 12.4 Å². The predicted molar refractivity (Wildman–Crippen MR) is 104 cm³/mol. The van der Waals surface area contributed by atoms with Crippen molar-refractivity contribution in [1.82, 2.24) is 4.90 Å². The van der Waals surface area contributed by atoms with Gasteiger partial charge in [-0.3, -0.25) is 4.90 Å². The van der Waals surface area contributed by atoms with Gasteiger partial charge in [0.1, 0.15) is 0 Å². The van der Waals surface area contributed by atoms with Crippen LogP contribution in [-0.2, 0) is 13.3 Å². The predicted octanol–water partition coefficient (Wildman–Crippen LogP) is 2.65. The van der Waals surface area contributed by atoms with Crippen molar-refractivity contribution >= 4 is 27.3 Å². The van der Waals surface area contributed by atoms with E-state index in [0.717, 1.165) is 32.1 Å². The molecule has 0 aromatic heterocycles. The molecule has 0 saturated heterocycles. The van der Waals surface area contributed by atoms with Gasteiger partial charge in [0.25, 0.3) is 0 Å². The molecule has 1 aromatic carbocycles. The second kappa shape index (κ2) is 13.5. The maximum absolute atomic E-state index is 5.72. The molecule has 0 spiro atoms. The Kier molecular flexibility index (Phi) is 13.1. The van der Waals surface area contributed by atoms with Crippen molar-refractivity contribution in [3.8, 4) is 0 Å². The summed E-state index contributed by atoms with van der Waals surface area (Å²) in [4.78, 5) is 2.33. The van der Waals surface area contributed by atoms with Crippen LogP contribution in [0.1, 0.15) is 12.0 Å². The smallest absolute Gasteiger partial charge is 0.377 e. The van der Waals surface area contributed by atoms with Crippen molar-refractivity contribution in [3.05, 3.63) is 42.0 Å². The summed E-state index contributed by atoms with van der Waals surface area (Å²) in [6, 6.07) is 11.1. The molecule has 1 rings (SSSR count). The minimum absolute atomic E-state index is 0. The van der Waals surface area contributed by atoms with Gasteiger partial charge in [-0.15, -0.1) is 12.4 Å². The van der Waals surface area contributed by atoms with Gasteiger partial charge in [0.05, 0.1) is 0 Å². The average molecular weight is 375 g/mol. The fraction of sp³-hybridized carbons (Fsp3) is 0.529. The van der Waals surface area contributed by atoms with E-state index in [1.165, 1.54) is 5.56 Å². The molecule has 0 amide bonds. The Morgan fingerprint density at radius 1 is 1.04 bits per heavy atom. The lowest BCUT2D eigenvalue weighted by Gasteiger charge is -2.26. The molecule has 0 radical (unpaired) electrons. The highest BCUT2D eigenvalue weighted by atomic mass is 35.5. The maximum atomic E-state index is 5.72. The maximum Gasteiger partial charge on any atom is 0.500 e. The van der Waals surface area contributed by atoms with Gasteiger partial charge in [-0.1, -0.05) is 42.5 Å². The Morgan fingerprint density at radius 3 is 2.21 bits per heavy atom. The molecule has 0 fully saturated rings. The summed E-state index contributed by atoms with van der Waals surface area (Å²) in [5, 5.41) is 0. The summed E-state index contributed by atoms with van der Waals surface area (Å²) < 4.78 is 16.4. The van der Waals surface area contributed by atoms with Crippen LogP contribution in [0.3, 0.4) is 0 Å². The van der Waals surface area contributed by atoms with Crippen LogP contribution in [0.5, 0.6) is 0 Å². The lowest BCUT2D eigenvalue weighted by molar-refractivity contribution is 0.121. The molecular weight excluding hydrogens is 344 g/mol. The molecule has 0 bridgehead atoms. The second-order valence-electron chi connectivity index (χ2n) is 5.30. The summed E-state index contributed by atoms with van der Waals surface area (Å²) in [6.07, 6.45) is 5.28. The second-order valence-corrected chi connectivity index (χ2v) is 8.39. The van der Waals surface area contributed by atoms with Gasteiger partial charge in [0, 0.05) is 47.0 Å². The van der Waals surface area contributed by atoms with Gasteiger partial charge in [-0.2, -0.15) is 0 Å². The first-order valence-corrected chi connectivity index (χ1v) is 9.92. The first-order valence-electron chi connectivity index (χ1n) is 7.99. The van der Waals surface area contributed by atoms with Crippen LogP contribution in [0.25, 0.3) is 6.08 Å². The number of nitrogens with zero attached hydrogens (tertiary/aromatic N) is 1. The molecule has 0 aliphatic heterocycles. The molecule has 0 saturated carbocycles. The number of halogens is 1. The fourth-order valence-electron chi connectivity index (χ4n) is 2.45. The van der Waals surface area contributed by atoms with Crippen molar-refractivity contribution in [2.45, 2.75) is 12.5 Å². The topological polar surface area (TPSA) is 57.0 Å². The third-order valence-corrected chi connectivity index (χ3v) is 6.64. The Morgan fingerprint density at radius 2 is 1.67 bits per heavy atom. The Bertz CT molecular complexity index is 436. The molecule has 0 atom stereocenters. The van der Waals surface area contributed by atoms with Crippen LogP contribution in [0, 0.1) is 0 Å².